The van der Waals surface area contributed by atoms with Gasteiger partial charge in [-0.25, -0.2) is 0 Å². The average Bonchev–Trinajstić information content (AvgIpc) is 2.89. The van der Waals surface area contributed by atoms with Crippen LogP contribution in [0.15, 0.2) is 24.3 Å². The van der Waals surface area contributed by atoms with Crippen molar-refractivity contribution in [2.24, 2.45) is 0 Å². The standard InChI is InChI=1S/C13H18N2O3/c1-10(14-9-13-3-2-8-18-13)11-4-6-12(7-5-11)15(16)17/h4-7,10,13-14H,2-3,8-9H2,1H3. The summed E-state index contributed by atoms with van der Waals surface area (Å²) < 4.78 is 5.54. The molecule has 5 nitrogen and oxygen atoms in total. The van der Waals surface area contributed by atoms with Gasteiger partial charge in [-0.3, -0.25) is 10.1 Å². The van der Waals surface area contributed by atoms with E-state index in [1.807, 2.05) is 0 Å². The van der Waals surface area contributed by atoms with E-state index in [1.165, 1.54) is 0 Å². The molecule has 0 radical (unpaired) electrons. The van der Waals surface area contributed by atoms with Crippen LogP contribution < -0.4 is 5.32 Å². The molecule has 1 aromatic carbocycles. The Bertz CT molecular complexity index is 399. The van der Waals surface area contributed by atoms with Gasteiger partial charge in [0, 0.05) is 31.3 Å². The molecule has 5 heteroatoms. The molecule has 0 aliphatic carbocycles. The number of nitro benzene ring substituents is 1. The SMILES string of the molecule is CC(NCC1CCCO1)c1ccc([N+](=O)[O-])cc1. The number of hydrogen-bond donors (Lipinski definition) is 1. The predicted molar refractivity (Wildman–Crippen MR) is 68.5 cm³/mol. The van der Waals surface area contributed by atoms with E-state index >= 15 is 0 Å². The third-order valence-corrected chi connectivity index (χ3v) is 3.28. The van der Waals surface area contributed by atoms with Crippen LogP contribution in [0.1, 0.15) is 31.4 Å². The van der Waals surface area contributed by atoms with Crippen LogP contribution in [-0.4, -0.2) is 24.2 Å². The highest BCUT2D eigenvalue weighted by Gasteiger charge is 2.16. The average molecular weight is 250 g/mol. The number of nitro groups is 1. The first kappa shape index (κ1) is 13.0. The van der Waals surface area contributed by atoms with Crippen LogP contribution in [0, 0.1) is 10.1 Å². The number of nitrogens with one attached hydrogen (secondary N) is 1. The van der Waals surface area contributed by atoms with Gasteiger partial charge in [0.2, 0.25) is 0 Å². The van der Waals surface area contributed by atoms with Crippen molar-refractivity contribution in [1.82, 2.24) is 5.32 Å². The second-order valence-electron chi connectivity index (χ2n) is 4.61. The Morgan fingerprint density at radius 1 is 1.50 bits per heavy atom. The molecule has 0 aromatic heterocycles. The summed E-state index contributed by atoms with van der Waals surface area (Å²) in [5.74, 6) is 0. The molecule has 1 heterocycles. The Hall–Kier alpha value is -1.46. The van der Waals surface area contributed by atoms with Gasteiger partial charge in [-0.15, -0.1) is 0 Å². The zero-order valence-corrected chi connectivity index (χ0v) is 10.5. The molecule has 0 amide bonds. The lowest BCUT2D eigenvalue weighted by Gasteiger charge is -2.17. The van der Waals surface area contributed by atoms with E-state index in [4.69, 9.17) is 4.74 Å². The van der Waals surface area contributed by atoms with E-state index in [-0.39, 0.29) is 16.7 Å². The molecule has 1 aliphatic rings. The maximum Gasteiger partial charge on any atom is 0.269 e. The van der Waals surface area contributed by atoms with Gasteiger partial charge in [-0.2, -0.15) is 0 Å². The highest BCUT2D eigenvalue weighted by atomic mass is 16.6. The summed E-state index contributed by atoms with van der Waals surface area (Å²) in [7, 11) is 0. The van der Waals surface area contributed by atoms with Gasteiger partial charge in [0.25, 0.3) is 5.69 Å². The van der Waals surface area contributed by atoms with Crippen molar-refractivity contribution in [1.29, 1.82) is 0 Å². The molecule has 18 heavy (non-hydrogen) atoms. The van der Waals surface area contributed by atoms with E-state index in [9.17, 15) is 10.1 Å². The first-order chi connectivity index (χ1) is 8.66. The maximum absolute atomic E-state index is 10.6. The highest BCUT2D eigenvalue weighted by molar-refractivity contribution is 5.34. The number of hydrogen-bond acceptors (Lipinski definition) is 4. The molecule has 2 unspecified atom stereocenters. The van der Waals surface area contributed by atoms with Crippen molar-refractivity contribution in [2.75, 3.05) is 13.2 Å². The van der Waals surface area contributed by atoms with Gasteiger partial charge in [0.15, 0.2) is 0 Å². The van der Waals surface area contributed by atoms with Crippen molar-refractivity contribution in [3.05, 3.63) is 39.9 Å². The van der Waals surface area contributed by atoms with Crippen molar-refractivity contribution >= 4 is 5.69 Å². The Morgan fingerprint density at radius 3 is 2.78 bits per heavy atom. The Balaban J connectivity index is 1.87. The summed E-state index contributed by atoms with van der Waals surface area (Å²) in [5, 5.41) is 13.9. The smallest absolute Gasteiger partial charge is 0.269 e. The van der Waals surface area contributed by atoms with Crippen LogP contribution in [-0.2, 0) is 4.74 Å². The van der Waals surface area contributed by atoms with Gasteiger partial charge in [-0.05, 0) is 25.3 Å². The van der Waals surface area contributed by atoms with Crippen LogP contribution in [0.3, 0.4) is 0 Å². The second-order valence-corrected chi connectivity index (χ2v) is 4.61. The molecular weight excluding hydrogens is 232 g/mol. The molecule has 98 valence electrons. The van der Waals surface area contributed by atoms with Gasteiger partial charge in [0.1, 0.15) is 0 Å². The van der Waals surface area contributed by atoms with Crippen LogP contribution in [0.2, 0.25) is 0 Å². The maximum atomic E-state index is 10.6. The topological polar surface area (TPSA) is 64.4 Å². The molecule has 0 spiro atoms. The number of nitrogens with zero attached hydrogens (tertiary/aromatic N) is 1. The third kappa shape index (κ3) is 3.27. The van der Waals surface area contributed by atoms with Crippen molar-refractivity contribution in [3.63, 3.8) is 0 Å². The monoisotopic (exact) mass is 250 g/mol. The molecule has 1 aliphatic heterocycles. The molecule has 2 rings (SSSR count). The summed E-state index contributed by atoms with van der Waals surface area (Å²) in [6.45, 7) is 3.74. The van der Waals surface area contributed by atoms with E-state index < -0.39 is 0 Å². The largest absolute Gasteiger partial charge is 0.377 e. The fraction of sp³-hybridized carbons (Fsp3) is 0.538. The van der Waals surface area contributed by atoms with Gasteiger partial charge < -0.3 is 10.1 Å². The molecule has 0 bridgehead atoms. The van der Waals surface area contributed by atoms with Crippen LogP contribution in [0.4, 0.5) is 5.69 Å². The van der Waals surface area contributed by atoms with Crippen LogP contribution in [0.25, 0.3) is 0 Å². The van der Waals surface area contributed by atoms with Gasteiger partial charge >= 0.3 is 0 Å². The summed E-state index contributed by atoms with van der Waals surface area (Å²) in [6, 6.07) is 6.85. The normalized spacial score (nSPS) is 20.8. The number of benzene rings is 1. The number of non-ortho nitro benzene ring substituents is 1. The fourth-order valence-corrected chi connectivity index (χ4v) is 2.12. The lowest BCUT2D eigenvalue weighted by Crippen LogP contribution is -2.28. The van der Waals surface area contributed by atoms with Gasteiger partial charge in [-0.1, -0.05) is 12.1 Å². The van der Waals surface area contributed by atoms with Crippen LogP contribution >= 0.6 is 0 Å². The molecule has 1 N–H and O–H groups in total. The van der Waals surface area contributed by atoms with Crippen molar-refractivity contribution in [2.45, 2.75) is 31.9 Å². The molecule has 1 aromatic rings. The minimum Gasteiger partial charge on any atom is -0.377 e. The molecule has 2 atom stereocenters. The van der Waals surface area contributed by atoms with E-state index in [0.29, 0.717) is 6.10 Å². The summed E-state index contributed by atoms with van der Waals surface area (Å²) >= 11 is 0. The lowest BCUT2D eigenvalue weighted by molar-refractivity contribution is -0.384. The summed E-state index contributed by atoms with van der Waals surface area (Å²) in [6.07, 6.45) is 2.56. The predicted octanol–water partition coefficient (Wildman–Crippen LogP) is 2.42. The molecule has 0 saturated carbocycles. The van der Waals surface area contributed by atoms with Gasteiger partial charge in [0.05, 0.1) is 11.0 Å². The molecular formula is C13H18N2O3. The number of ether oxygens (including phenoxy) is 1. The number of rotatable bonds is 5. The van der Waals surface area contributed by atoms with Crippen molar-refractivity contribution in [3.8, 4) is 0 Å². The molecule has 1 fully saturated rings. The minimum atomic E-state index is -0.381. The Morgan fingerprint density at radius 2 is 2.22 bits per heavy atom. The quantitative estimate of drug-likeness (QED) is 0.644. The van der Waals surface area contributed by atoms with E-state index in [2.05, 4.69) is 12.2 Å². The molecule has 1 saturated heterocycles. The highest BCUT2D eigenvalue weighted by Crippen LogP contribution is 2.18. The Kier molecular flexibility index (Phi) is 4.28. The minimum absolute atomic E-state index is 0.130. The third-order valence-electron chi connectivity index (χ3n) is 3.28. The first-order valence-electron chi connectivity index (χ1n) is 6.26. The summed E-state index contributed by atoms with van der Waals surface area (Å²) in [4.78, 5) is 10.2. The van der Waals surface area contributed by atoms with Crippen molar-refractivity contribution < 1.29 is 9.66 Å². The summed E-state index contributed by atoms with van der Waals surface area (Å²) in [5.41, 5.74) is 1.18. The lowest BCUT2D eigenvalue weighted by atomic mass is 10.1. The fourth-order valence-electron chi connectivity index (χ4n) is 2.12. The first-order valence-corrected chi connectivity index (χ1v) is 6.26. The van der Waals surface area contributed by atoms with Crippen LogP contribution in [0.5, 0.6) is 0 Å². The zero-order chi connectivity index (χ0) is 13.0. The van der Waals surface area contributed by atoms with E-state index in [0.717, 1.165) is 31.6 Å². The van der Waals surface area contributed by atoms with E-state index in [1.54, 1.807) is 24.3 Å². The Labute approximate surface area is 106 Å². The second kappa shape index (κ2) is 5.93. The zero-order valence-electron chi connectivity index (χ0n) is 10.5.